The molecule has 0 saturated carbocycles. The summed E-state index contributed by atoms with van der Waals surface area (Å²) >= 11 is 0. The minimum Gasteiger partial charge on any atom is -0.481 e. The lowest BCUT2D eigenvalue weighted by atomic mass is 10.0. The van der Waals surface area contributed by atoms with E-state index >= 15 is 0 Å². The molecule has 0 fully saturated rings. The summed E-state index contributed by atoms with van der Waals surface area (Å²) in [7, 11) is 0. The molecule has 0 aromatic carbocycles. The van der Waals surface area contributed by atoms with Crippen LogP contribution in [0.4, 0.5) is 0 Å². The molecule has 0 rings (SSSR count). The smallest absolute Gasteiger partial charge is 0.330 e. The summed E-state index contributed by atoms with van der Waals surface area (Å²) in [4.78, 5) is 20.9. The van der Waals surface area contributed by atoms with Gasteiger partial charge in [0.05, 0.1) is 6.61 Å². The van der Waals surface area contributed by atoms with Crippen LogP contribution in [0.25, 0.3) is 0 Å². The van der Waals surface area contributed by atoms with Gasteiger partial charge in [0.25, 0.3) is 0 Å². The van der Waals surface area contributed by atoms with E-state index in [0.717, 1.165) is 32.1 Å². The Morgan fingerprint density at radius 3 is 2.15 bits per heavy atom. The van der Waals surface area contributed by atoms with Gasteiger partial charge in [-0.05, 0) is 45.4 Å². The van der Waals surface area contributed by atoms with Crippen LogP contribution in [0, 0.1) is 5.92 Å². The average Bonchev–Trinajstić information content (AvgIpc) is 2.60. The Labute approximate surface area is 167 Å². The van der Waals surface area contributed by atoms with Crippen LogP contribution >= 0.6 is 0 Å². The van der Waals surface area contributed by atoms with E-state index in [2.05, 4.69) is 40.3 Å². The Morgan fingerprint density at radius 1 is 1.04 bits per heavy atom. The van der Waals surface area contributed by atoms with Gasteiger partial charge in [-0.2, -0.15) is 0 Å². The van der Waals surface area contributed by atoms with Crippen molar-refractivity contribution in [3.63, 3.8) is 0 Å². The molecule has 0 bridgehead atoms. The van der Waals surface area contributed by atoms with Gasteiger partial charge in [0.2, 0.25) is 0 Å². The van der Waals surface area contributed by atoms with Crippen LogP contribution in [-0.4, -0.2) is 23.7 Å². The molecule has 0 aliphatic heterocycles. The van der Waals surface area contributed by atoms with Gasteiger partial charge in [-0.1, -0.05) is 70.6 Å². The van der Waals surface area contributed by atoms with Gasteiger partial charge < -0.3 is 9.84 Å². The predicted octanol–water partition coefficient (Wildman–Crippen LogP) is 6.70. The molecule has 0 aromatic heterocycles. The first-order valence-corrected chi connectivity index (χ1v) is 10.5. The van der Waals surface area contributed by atoms with E-state index in [4.69, 9.17) is 9.84 Å². The number of unbranched alkanes of at least 4 members (excludes halogenated alkanes) is 6. The van der Waals surface area contributed by atoms with Crippen LogP contribution in [0.5, 0.6) is 0 Å². The van der Waals surface area contributed by atoms with Crippen LogP contribution in [0.2, 0.25) is 0 Å². The molecule has 0 spiro atoms. The Morgan fingerprint density at radius 2 is 1.63 bits per heavy atom. The zero-order valence-corrected chi connectivity index (χ0v) is 18.1. The minimum atomic E-state index is -0.663. The molecule has 0 aliphatic carbocycles. The molecule has 4 heteroatoms. The molecule has 1 atom stereocenters. The van der Waals surface area contributed by atoms with Gasteiger partial charge >= 0.3 is 11.9 Å². The maximum atomic E-state index is 10.7. The summed E-state index contributed by atoms with van der Waals surface area (Å²) in [5, 5.41) is 8.35. The third-order valence-corrected chi connectivity index (χ3v) is 4.23. The van der Waals surface area contributed by atoms with Crippen LogP contribution in [0.15, 0.2) is 24.3 Å². The fourth-order valence-electron chi connectivity index (χ4n) is 2.45. The first kappa shape index (κ1) is 27.6. The monoisotopic (exact) mass is 382 g/mol. The van der Waals surface area contributed by atoms with Crippen molar-refractivity contribution in [3.8, 4) is 0 Å². The van der Waals surface area contributed by atoms with E-state index in [1.54, 1.807) is 0 Å². The first-order valence-electron chi connectivity index (χ1n) is 10.5. The van der Waals surface area contributed by atoms with Gasteiger partial charge in [0, 0.05) is 12.5 Å². The molecule has 27 heavy (non-hydrogen) atoms. The lowest BCUT2D eigenvalue weighted by Gasteiger charge is -2.09. The number of rotatable bonds is 15. The lowest BCUT2D eigenvalue weighted by molar-refractivity contribution is -0.138. The van der Waals surface area contributed by atoms with Gasteiger partial charge in [-0.25, -0.2) is 4.79 Å². The second-order valence-corrected chi connectivity index (χ2v) is 7.39. The SMILES string of the molecule is C=CC(=O)OCCC(C)CCC=C(C)C.CCCCCCCCCC(=O)O. The van der Waals surface area contributed by atoms with Crippen molar-refractivity contribution in [3.05, 3.63) is 24.3 Å². The number of carbonyl (C=O) groups is 2. The van der Waals surface area contributed by atoms with Gasteiger partial charge in [-0.15, -0.1) is 0 Å². The number of aliphatic carboxylic acids is 1. The molecule has 0 heterocycles. The topological polar surface area (TPSA) is 63.6 Å². The molecular weight excluding hydrogens is 340 g/mol. The second kappa shape index (κ2) is 20.7. The highest BCUT2D eigenvalue weighted by Crippen LogP contribution is 2.11. The van der Waals surface area contributed by atoms with Crippen LogP contribution in [0.1, 0.15) is 98.3 Å². The van der Waals surface area contributed by atoms with E-state index in [1.165, 1.54) is 43.8 Å². The molecule has 1 N–H and O–H groups in total. The molecule has 0 amide bonds. The van der Waals surface area contributed by atoms with E-state index in [-0.39, 0.29) is 5.97 Å². The molecule has 158 valence electrons. The zero-order chi connectivity index (χ0) is 20.9. The quantitative estimate of drug-likeness (QED) is 0.148. The number of hydrogen-bond donors (Lipinski definition) is 1. The van der Waals surface area contributed by atoms with Crippen LogP contribution < -0.4 is 0 Å². The second-order valence-electron chi connectivity index (χ2n) is 7.39. The number of ether oxygens (including phenoxy) is 1. The third kappa shape index (κ3) is 26.8. The summed E-state index contributed by atoms with van der Waals surface area (Å²) in [6, 6.07) is 0. The van der Waals surface area contributed by atoms with E-state index < -0.39 is 5.97 Å². The van der Waals surface area contributed by atoms with Gasteiger partial charge in [0.1, 0.15) is 0 Å². The third-order valence-electron chi connectivity index (χ3n) is 4.23. The normalized spacial score (nSPS) is 11.0. The van der Waals surface area contributed by atoms with E-state index in [9.17, 15) is 9.59 Å². The number of hydrogen-bond acceptors (Lipinski definition) is 3. The van der Waals surface area contributed by atoms with Crippen molar-refractivity contribution in [1.82, 2.24) is 0 Å². The Balaban J connectivity index is 0. The molecule has 0 saturated heterocycles. The van der Waals surface area contributed by atoms with Gasteiger partial charge in [-0.3, -0.25) is 4.79 Å². The Hall–Kier alpha value is -1.58. The number of esters is 1. The van der Waals surface area contributed by atoms with Crippen molar-refractivity contribution in [2.75, 3.05) is 6.61 Å². The molecule has 1 unspecified atom stereocenters. The fourth-order valence-corrected chi connectivity index (χ4v) is 2.45. The van der Waals surface area contributed by atoms with Gasteiger partial charge in [0.15, 0.2) is 0 Å². The highest BCUT2D eigenvalue weighted by atomic mass is 16.5. The molecule has 0 radical (unpaired) electrons. The van der Waals surface area contributed by atoms with Crippen molar-refractivity contribution in [2.24, 2.45) is 5.92 Å². The van der Waals surface area contributed by atoms with Crippen molar-refractivity contribution < 1.29 is 19.4 Å². The standard InChI is InChI=1S/C13H22O2.C10H20O2/c1-5-13(14)15-10-9-12(4)8-6-7-11(2)3;1-2-3-4-5-6-7-8-9-10(11)12/h5,7,12H,1,6,8-10H2,2-4H3;2-9H2,1H3,(H,11,12). The maximum Gasteiger partial charge on any atom is 0.330 e. The Kier molecular flexibility index (Phi) is 21.2. The maximum absolute atomic E-state index is 10.7. The number of allylic oxidation sites excluding steroid dienone is 2. The van der Waals surface area contributed by atoms with Crippen LogP contribution in [-0.2, 0) is 14.3 Å². The highest BCUT2D eigenvalue weighted by molar-refractivity contribution is 5.81. The minimum absolute atomic E-state index is 0.327. The molecular formula is C23H42O4. The highest BCUT2D eigenvalue weighted by Gasteiger charge is 2.02. The summed E-state index contributed by atoms with van der Waals surface area (Å²) in [5.41, 5.74) is 1.36. The predicted molar refractivity (Wildman–Crippen MR) is 114 cm³/mol. The molecule has 4 nitrogen and oxygen atoms in total. The van der Waals surface area contributed by atoms with E-state index in [1.807, 2.05) is 0 Å². The lowest BCUT2D eigenvalue weighted by Crippen LogP contribution is -2.06. The summed E-state index contributed by atoms with van der Waals surface area (Å²) in [6.07, 6.45) is 15.3. The average molecular weight is 383 g/mol. The summed E-state index contributed by atoms with van der Waals surface area (Å²) < 4.78 is 4.92. The number of carboxylic acids is 1. The summed E-state index contributed by atoms with van der Waals surface area (Å²) in [5.74, 6) is -0.395. The summed E-state index contributed by atoms with van der Waals surface area (Å²) in [6.45, 7) is 12.4. The zero-order valence-electron chi connectivity index (χ0n) is 18.1. The first-order chi connectivity index (χ1) is 12.8. The number of carboxylic acid groups (broad SMARTS) is 1. The van der Waals surface area contributed by atoms with Crippen molar-refractivity contribution >= 4 is 11.9 Å². The van der Waals surface area contributed by atoms with E-state index in [0.29, 0.717) is 18.9 Å². The molecule has 0 aromatic rings. The fraction of sp³-hybridized carbons (Fsp3) is 0.739. The van der Waals surface area contributed by atoms with Crippen molar-refractivity contribution in [2.45, 2.75) is 98.3 Å². The molecule has 0 aliphatic rings. The Bertz CT molecular complexity index is 409. The number of carbonyl (C=O) groups excluding carboxylic acids is 1. The van der Waals surface area contributed by atoms with Crippen molar-refractivity contribution in [1.29, 1.82) is 0 Å². The van der Waals surface area contributed by atoms with Crippen LogP contribution in [0.3, 0.4) is 0 Å². The largest absolute Gasteiger partial charge is 0.481 e.